The SMILES string of the molecule is Cc1nc(-c2ccc([N+](=O)[O-])cc2)nc2c1c(N(C(=O)OC(C)(C)C)C(=O)OC(C)(C)C)nn2C(=O)O. The molecule has 14 heteroatoms. The van der Waals surface area contributed by atoms with E-state index in [2.05, 4.69) is 15.1 Å². The van der Waals surface area contributed by atoms with Crippen molar-refractivity contribution in [1.29, 1.82) is 0 Å². The molecule has 0 aliphatic heterocycles. The standard InChI is InChI=1S/C23H26N6O8/c1-12-15-17(25-16(24-12)13-8-10-14(11-9-13)29(34)35)28(19(30)31)26-18(15)27(20(32)36-22(2,3)4)21(33)37-23(5,6)7/h8-11H,1-7H3,(H,30,31). The van der Waals surface area contributed by atoms with Crippen molar-refractivity contribution in [1.82, 2.24) is 19.7 Å². The van der Waals surface area contributed by atoms with Crippen LogP contribution in [0.4, 0.5) is 25.9 Å². The highest BCUT2D eigenvalue weighted by Crippen LogP contribution is 2.32. The van der Waals surface area contributed by atoms with Crippen LogP contribution in [-0.2, 0) is 9.47 Å². The van der Waals surface area contributed by atoms with E-state index in [1.54, 1.807) is 41.5 Å². The number of carboxylic acid groups (broad SMARTS) is 1. The number of rotatable bonds is 3. The van der Waals surface area contributed by atoms with Crippen molar-refractivity contribution in [3.05, 3.63) is 40.1 Å². The zero-order valence-electron chi connectivity index (χ0n) is 21.3. The van der Waals surface area contributed by atoms with Crippen molar-refractivity contribution in [3.8, 4) is 11.4 Å². The second kappa shape index (κ2) is 9.44. The fourth-order valence-electron chi connectivity index (χ4n) is 3.18. The van der Waals surface area contributed by atoms with Crippen LogP contribution in [-0.4, -0.2) is 59.3 Å². The van der Waals surface area contributed by atoms with Gasteiger partial charge in [0, 0.05) is 17.7 Å². The Morgan fingerprint density at radius 2 is 1.49 bits per heavy atom. The number of imide groups is 1. The summed E-state index contributed by atoms with van der Waals surface area (Å²) in [4.78, 5) is 57.8. The first kappa shape index (κ1) is 27.0. The molecule has 2 heterocycles. The van der Waals surface area contributed by atoms with E-state index in [1.807, 2.05) is 0 Å². The van der Waals surface area contributed by atoms with Gasteiger partial charge in [-0.2, -0.15) is 4.90 Å². The van der Waals surface area contributed by atoms with Gasteiger partial charge in [0.1, 0.15) is 11.2 Å². The quantitative estimate of drug-likeness (QED) is 0.370. The lowest BCUT2D eigenvalue weighted by Gasteiger charge is -2.27. The van der Waals surface area contributed by atoms with Crippen molar-refractivity contribution in [2.75, 3.05) is 4.90 Å². The molecule has 0 aliphatic carbocycles. The number of non-ortho nitro benzene ring substituents is 1. The summed E-state index contributed by atoms with van der Waals surface area (Å²) in [6.45, 7) is 11.1. The zero-order chi connectivity index (χ0) is 27.9. The molecule has 0 spiro atoms. The van der Waals surface area contributed by atoms with E-state index >= 15 is 0 Å². The van der Waals surface area contributed by atoms with Gasteiger partial charge in [0.05, 0.1) is 16.0 Å². The van der Waals surface area contributed by atoms with Gasteiger partial charge in [0.15, 0.2) is 17.3 Å². The largest absolute Gasteiger partial charge is 0.463 e. The van der Waals surface area contributed by atoms with Gasteiger partial charge in [-0.1, -0.05) is 0 Å². The number of hydrogen-bond donors (Lipinski definition) is 1. The average Bonchev–Trinajstić information content (AvgIpc) is 3.11. The molecule has 14 nitrogen and oxygen atoms in total. The van der Waals surface area contributed by atoms with Crippen molar-refractivity contribution >= 4 is 40.8 Å². The van der Waals surface area contributed by atoms with E-state index in [0.29, 0.717) is 15.1 Å². The molecule has 0 saturated carbocycles. The van der Waals surface area contributed by atoms with Crippen molar-refractivity contribution < 1.29 is 33.9 Å². The number of hydrogen-bond acceptors (Lipinski definition) is 10. The predicted molar refractivity (Wildman–Crippen MR) is 131 cm³/mol. The molecule has 1 aromatic carbocycles. The highest BCUT2D eigenvalue weighted by atomic mass is 16.6. The van der Waals surface area contributed by atoms with E-state index in [0.717, 1.165) is 0 Å². The summed E-state index contributed by atoms with van der Waals surface area (Å²) in [7, 11) is 0. The summed E-state index contributed by atoms with van der Waals surface area (Å²) >= 11 is 0. The molecule has 0 bridgehead atoms. The maximum absolute atomic E-state index is 13.1. The minimum Gasteiger partial charge on any atom is -0.463 e. The Balaban J connectivity index is 2.25. The Morgan fingerprint density at radius 1 is 0.973 bits per heavy atom. The smallest absolute Gasteiger partial charge is 0.434 e. The third-order valence-electron chi connectivity index (χ3n) is 4.57. The van der Waals surface area contributed by atoms with Crippen LogP contribution >= 0.6 is 0 Å². The molecule has 3 aromatic rings. The number of aromatic nitrogens is 4. The molecular weight excluding hydrogens is 488 g/mol. The molecule has 2 aromatic heterocycles. The van der Waals surface area contributed by atoms with Crippen LogP contribution in [0, 0.1) is 17.0 Å². The molecule has 2 amide bonds. The van der Waals surface area contributed by atoms with Crippen molar-refractivity contribution in [3.63, 3.8) is 0 Å². The minimum absolute atomic E-state index is 0.00946. The van der Waals surface area contributed by atoms with Gasteiger partial charge in [-0.05, 0) is 60.6 Å². The molecule has 1 N–H and O–H groups in total. The molecule has 0 atom stereocenters. The fraction of sp³-hybridized carbons (Fsp3) is 0.391. The molecular formula is C23H26N6O8. The molecule has 0 saturated heterocycles. The minimum atomic E-state index is -1.54. The van der Waals surface area contributed by atoms with Crippen LogP contribution in [0.5, 0.6) is 0 Å². The predicted octanol–water partition coefficient (Wildman–Crippen LogP) is 4.91. The molecule has 0 aliphatic rings. The topological polar surface area (TPSA) is 180 Å². The zero-order valence-corrected chi connectivity index (χ0v) is 21.3. The third kappa shape index (κ3) is 5.97. The van der Waals surface area contributed by atoms with E-state index < -0.39 is 40.2 Å². The van der Waals surface area contributed by atoms with E-state index in [4.69, 9.17) is 9.47 Å². The molecule has 0 unspecified atom stereocenters. The number of anilines is 1. The number of benzene rings is 1. The Bertz CT molecular complexity index is 1370. The lowest BCUT2D eigenvalue weighted by molar-refractivity contribution is -0.384. The highest BCUT2D eigenvalue weighted by molar-refractivity contribution is 6.14. The van der Waals surface area contributed by atoms with Gasteiger partial charge in [-0.3, -0.25) is 10.1 Å². The Morgan fingerprint density at radius 3 is 1.92 bits per heavy atom. The van der Waals surface area contributed by atoms with Crippen LogP contribution in [0.2, 0.25) is 0 Å². The summed E-state index contributed by atoms with van der Waals surface area (Å²) < 4.78 is 11.2. The van der Waals surface area contributed by atoms with Gasteiger partial charge in [0.2, 0.25) is 0 Å². The summed E-state index contributed by atoms with van der Waals surface area (Å²) in [5, 5.41) is 24.7. The number of carbonyl (C=O) groups is 3. The normalized spacial score (nSPS) is 11.8. The maximum atomic E-state index is 13.1. The van der Waals surface area contributed by atoms with Gasteiger partial charge in [0.25, 0.3) is 5.69 Å². The summed E-state index contributed by atoms with van der Waals surface area (Å²) in [6.07, 6.45) is -3.83. The Kier molecular flexibility index (Phi) is 6.88. The third-order valence-corrected chi connectivity index (χ3v) is 4.57. The molecule has 0 fully saturated rings. The number of nitro groups is 1. The van der Waals surface area contributed by atoms with Gasteiger partial charge in [-0.15, -0.1) is 9.78 Å². The number of carbonyl (C=O) groups excluding carboxylic acids is 2. The number of aryl methyl sites for hydroxylation is 1. The molecule has 3 rings (SSSR count). The first-order valence-electron chi connectivity index (χ1n) is 11.0. The fourth-order valence-corrected chi connectivity index (χ4v) is 3.18. The summed E-state index contributed by atoms with van der Waals surface area (Å²) in [5.74, 6) is -0.344. The summed E-state index contributed by atoms with van der Waals surface area (Å²) in [5.41, 5.74) is -1.83. The van der Waals surface area contributed by atoms with Gasteiger partial charge in [-0.25, -0.2) is 24.4 Å². The first-order valence-corrected chi connectivity index (χ1v) is 11.0. The molecule has 37 heavy (non-hydrogen) atoms. The van der Waals surface area contributed by atoms with Gasteiger partial charge < -0.3 is 14.6 Å². The highest BCUT2D eigenvalue weighted by Gasteiger charge is 2.37. The number of nitrogens with zero attached hydrogens (tertiary/aromatic N) is 6. The number of amides is 2. The lowest BCUT2D eigenvalue weighted by Crippen LogP contribution is -2.44. The Labute approximate surface area is 211 Å². The maximum Gasteiger partial charge on any atom is 0.434 e. The second-order valence-corrected chi connectivity index (χ2v) is 9.95. The van der Waals surface area contributed by atoms with E-state index in [1.165, 1.54) is 31.2 Å². The molecule has 0 radical (unpaired) electrons. The van der Waals surface area contributed by atoms with Crippen molar-refractivity contribution in [2.24, 2.45) is 0 Å². The monoisotopic (exact) mass is 514 g/mol. The van der Waals surface area contributed by atoms with Crippen LogP contribution in [0.15, 0.2) is 24.3 Å². The van der Waals surface area contributed by atoms with Crippen LogP contribution < -0.4 is 4.90 Å². The van der Waals surface area contributed by atoms with Gasteiger partial charge >= 0.3 is 18.3 Å². The number of fused-ring (bicyclic) bond motifs is 1. The van der Waals surface area contributed by atoms with Crippen LogP contribution in [0.3, 0.4) is 0 Å². The van der Waals surface area contributed by atoms with E-state index in [-0.39, 0.29) is 28.2 Å². The molecule has 196 valence electrons. The Hall–Kier alpha value is -4.62. The van der Waals surface area contributed by atoms with Crippen LogP contribution in [0.25, 0.3) is 22.4 Å². The number of nitro benzene ring substituents is 1. The van der Waals surface area contributed by atoms with Crippen LogP contribution in [0.1, 0.15) is 47.2 Å². The number of ether oxygens (including phenoxy) is 2. The summed E-state index contributed by atoms with van der Waals surface area (Å²) in [6, 6.07) is 5.33. The lowest BCUT2D eigenvalue weighted by atomic mass is 10.2. The average molecular weight is 514 g/mol. The van der Waals surface area contributed by atoms with Crippen molar-refractivity contribution in [2.45, 2.75) is 59.7 Å². The first-order chi connectivity index (χ1) is 17.0. The van der Waals surface area contributed by atoms with E-state index in [9.17, 15) is 29.6 Å². The second-order valence-electron chi connectivity index (χ2n) is 9.95.